The number of amides is 1. The maximum Gasteiger partial charge on any atom is 0.310 e. The van der Waals surface area contributed by atoms with Crippen LogP contribution in [-0.2, 0) is 15.3 Å². The molecule has 35 heavy (non-hydrogen) atoms. The smallest absolute Gasteiger partial charge is 0.310 e. The highest BCUT2D eigenvalue weighted by Gasteiger charge is 2.29. The van der Waals surface area contributed by atoms with Gasteiger partial charge in [0.2, 0.25) is 0 Å². The molecule has 2 fully saturated rings. The minimum Gasteiger partial charge on any atom is -0.466 e. The summed E-state index contributed by atoms with van der Waals surface area (Å²) in [6, 6.07) is 9.47. The van der Waals surface area contributed by atoms with E-state index in [1.54, 1.807) is 11.8 Å². The Bertz CT molecular complexity index is 1030. The van der Waals surface area contributed by atoms with E-state index in [2.05, 4.69) is 16.8 Å². The lowest BCUT2D eigenvalue weighted by Gasteiger charge is -2.31. The first-order valence-electron chi connectivity index (χ1n) is 12.4. The molecule has 2 aliphatic heterocycles. The zero-order valence-electron chi connectivity index (χ0n) is 20.4. The second kappa shape index (κ2) is 12.1. The molecule has 4 rings (SSSR count). The van der Waals surface area contributed by atoms with Crippen LogP contribution in [0.25, 0.3) is 0 Å². The van der Waals surface area contributed by atoms with E-state index < -0.39 is 0 Å². The number of aromatic nitrogens is 2. The van der Waals surface area contributed by atoms with Gasteiger partial charge in [-0.1, -0.05) is 42.4 Å². The maximum absolute atomic E-state index is 13.0. The molecule has 188 valence electrons. The van der Waals surface area contributed by atoms with Gasteiger partial charge in [-0.3, -0.25) is 9.59 Å². The van der Waals surface area contributed by atoms with Gasteiger partial charge in [-0.05, 0) is 56.2 Å². The van der Waals surface area contributed by atoms with Gasteiger partial charge in [0.1, 0.15) is 11.0 Å². The molecule has 0 bridgehead atoms. The lowest BCUT2D eigenvalue weighted by atomic mass is 9.97. The highest BCUT2D eigenvalue weighted by Crippen LogP contribution is 2.28. The molecule has 1 aromatic carbocycles. The highest BCUT2D eigenvalue weighted by atomic mass is 35.5. The summed E-state index contributed by atoms with van der Waals surface area (Å²) in [4.78, 5) is 38.3. The molecule has 3 heterocycles. The van der Waals surface area contributed by atoms with E-state index in [0.717, 1.165) is 56.1 Å². The normalized spacial score (nSPS) is 19.0. The summed E-state index contributed by atoms with van der Waals surface area (Å²) in [6.07, 6.45) is 3.90. The Morgan fingerprint density at radius 1 is 1.11 bits per heavy atom. The van der Waals surface area contributed by atoms with E-state index in [0.29, 0.717) is 41.3 Å². The number of hydrogen-bond acceptors (Lipinski definition) is 7. The standard InChI is InChI=1S/C26H33ClN4O3S/c1-3-34-25(33)21-5-4-12-31(16-21)24(32)20-8-6-19(7-9-20)17-35-26-28-22(27)15-23(29-26)30-13-10-18(2)11-14-30/h6-9,15,18,21H,3-5,10-14,16-17H2,1-2H3. The largest absolute Gasteiger partial charge is 0.466 e. The van der Waals surface area contributed by atoms with Gasteiger partial charge in [0.15, 0.2) is 5.16 Å². The number of nitrogens with zero attached hydrogens (tertiary/aromatic N) is 4. The summed E-state index contributed by atoms with van der Waals surface area (Å²) >= 11 is 7.83. The Kier molecular flexibility index (Phi) is 8.89. The second-order valence-corrected chi connectivity index (χ2v) is 10.7. The van der Waals surface area contributed by atoms with Crippen molar-refractivity contribution in [3.8, 4) is 0 Å². The topological polar surface area (TPSA) is 75.6 Å². The lowest BCUT2D eigenvalue weighted by molar-refractivity contribution is -0.149. The number of rotatable bonds is 7. The highest BCUT2D eigenvalue weighted by molar-refractivity contribution is 7.98. The first-order valence-corrected chi connectivity index (χ1v) is 13.8. The van der Waals surface area contributed by atoms with Crippen molar-refractivity contribution in [2.45, 2.75) is 50.4 Å². The Balaban J connectivity index is 1.34. The number of carbonyl (C=O) groups excluding carboxylic acids is 2. The van der Waals surface area contributed by atoms with Gasteiger partial charge < -0.3 is 14.5 Å². The third-order valence-corrected chi connectivity index (χ3v) is 7.78. The van der Waals surface area contributed by atoms with Gasteiger partial charge in [-0.15, -0.1) is 0 Å². The molecule has 1 unspecified atom stereocenters. The number of hydrogen-bond donors (Lipinski definition) is 0. The third kappa shape index (κ3) is 6.88. The van der Waals surface area contributed by atoms with Gasteiger partial charge in [0.25, 0.3) is 5.91 Å². The summed E-state index contributed by atoms with van der Waals surface area (Å²) in [5.41, 5.74) is 1.70. The van der Waals surface area contributed by atoms with E-state index in [1.807, 2.05) is 30.3 Å². The van der Waals surface area contributed by atoms with E-state index in [-0.39, 0.29) is 17.8 Å². The molecule has 2 aromatic rings. The SMILES string of the molecule is CCOC(=O)C1CCCN(C(=O)c2ccc(CSc3nc(Cl)cc(N4CCC(C)CC4)n3)cc2)C1. The van der Waals surface area contributed by atoms with Crippen LogP contribution in [-0.4, -0.2) is 59.5 Å². The number of ether oxygens (including phenoxy) is 1. The average Bonchev–Trinajstić information content (AvgIpc) is 2.88. The number of halogens is 1. The molecular formula is C26H33ClN4O3S. The number of esters is 1. The molecule has 1 atom stereocenters. The molecule has 2 saturated heterocycles. The van der Waals surface area contributed by atoms with Crippen molar-refractivity contribution >= 4 is 41.1 Å². The van der Waals surface area contributed by atoms with Crippen LogP contribution >= 0.6 is 23.4 Å². The van der Waals surface area contributed by atoms with E-state index in [1.165, 1.54) is 11.8 Å². The first kappa shape index (κ1) is 25.8. The van der Waals surface area contributed by atoms with Gasteiger partial charge in [-0.2, -0.15) is 0 Å². The van der Waals surface area contributed by atoms with E-state index >= 15 is 0 Å². The molecule has 0 N–H and O–H groups in total. The maximum atomic E-state index is 13.0. The summed E-state index contributed by atoms with van der Waals surface area (Å²) in [5.74, 6) is 1.83. The number of piperidine rings is 2. The Labute approximate surface area is 216 Å². The monoisotopic (exact) mass is 516 g/mol. The van der Waals surface area contributed by atoms with Gasteiger partial charge in [0, 0.05) is 43.6 Å². The fraction of sp³-hybridized carbons (Fsp3) is 0.538. The molecule has 1 amide bonds. The summed E-state index contributed by atoms with van der Waals surface area (Å²) in [7, 11) is 0. The average molecular weight is 517 g/mol. The van der Waals surface area contributed by atoms with Crippen LogP contribution in [0.1, 0.15) is 55.5 Å². The van der Waals surface area contributed by atoms with E-state index in [4.69, 9.17) is 21.3 Å². The second-order valence-electron chi connectivity index (χ2n) is 9.33. The van der Waals surface area contributed by atoms with Crippen molar-refractivity contribution in [2.75, 3.05) is 37.7 Å². The summed E-state index contributed by atoms with van der Waals surface area (Å²) in [5, 5.41) is 1.12. The molecule has 0 aliphatic carbocycles. The minimum absolute atomic E-state index is 0.0446. The fourth-order valence-corrected chi connectivity index (χ4v) is 5.57. The van der Waals surface area contributed by atoms with Crippen molar-refractivity contribution in [3.63, 3.8) is 0 Å². The zero-order valence-corrected chi connectivity index (χ0v) is 22.0. The molecule has 1 aromatic heterocycles. The first-order chi connectivity index (χ1) is 16.9. The summed E-state index contributed by atoms with van der Waals surface area (Å²) in [6.45, 7) is 7.52. The van der Waals surface area contributed by atoms with Crippen LogP contribution < -0.4 is 4.90 Å². The third-order valence-electron chi connectivity index (χ3n) is 6.67. The van der Waals surface area contributed by atoms with Crippen molar-refractivity contribution in [1.29, 1.82) is 0 Å². The molecular weight excluding hydrogens is 484 g/mol. The van der Waals surface area contributed by atoms with Crippen molar-refractivity contribution in [2.24, 2.45) is 11.8 Å². The zero-order chi connectivity index (χ0) is 24.8. The minimum atomic E-state index is -0.237. The van der Waals surface area contributed by atoms with Crippen molar-refractivity contribution < 1.29 is 14.3 Å². The van der Waals surface area contributed by atoms with E-state index in [9.17, 15) is 9.59 Å². The van der Waals surface area contributed by atoms with Crippen LogP contribution in [0.15, 0.2) is 35.5 Å². The van der Waals surface area contributed by atoms with Gasteiger partial charge in [-0.25, -0.2) is 9.97 Å². The van der Waals surface area contributed by atoms with Gasteiger partial charge in [0.05, 0.1) is 12.5 Å². The van der Waals surface area contributed by atoms with Crippen LogP contribution in [0.4, 0.5) is 5.82 Å². The fourth-order valence-electron chi connectivity index (χ4n) is 4.54. The van der Waals surface area contributed by atoms with Crippen LogP contribution in [0.3, 0.4) is 0 Å². The number of anilines is 1. The Morgan fingerprint density at radius 2 is 1.86 bits per heavy atom. The molecule has 2 aliphatic rings. The van der Waals surface area contributed by atoms with Crippen molar-refractivity contribution in [1.82, 2.24) is 14.9 Å². The Morgan fingerprint density at radius 3 is 2.57 bits per heavy atom. The van der Waals surface area contributed by atoms with Crippen molar-refractivity contribution in [3.05, 3.63) is 46.6 Å². The molecule has 9 heteroatoms. The van der Waals surface area contributed by atoms with Gasteiger partial charge >= 0.3 is 5.97 Å². The molecule has 7 nitrogen and oxygen atoms in total. The predicted octanol–water partition coefficient (Wildman–Crippen LogP) is 5.07. The number of likely N-dealkylation sites (tertiary alicyclic amines) is 1. The lowest BCUT2D eigenvalue weighted by Crippen LogP contribution is -2.42. The Hall–Kier alpha value is -2.32. The molecule has 0 radical (unpaired) electrons. The number of carbonyl (C=O) groups is 2. The molecule has 0 saturated carbocycles. The quantitative estimate of drug-likeness (QED) is 0.220. The van der Waals surface area contributed by atoms with Crippen LogP contribution in [0.2, 0.25) is 5.15 Å². The number of benzene rings is 1. The molecule has 0 spiro atoms. The summed E-state index contributed by atoms with van der Waals surface area (Å²) < 4.78 is 5.15. The van der Waals surface area contributed by atoms with Crippen LogP contribution in [0.5, 0.6) is 0 Å². The predicted molar refractivity (Wildman–Crippen MR) is 139 cm³/mol. The number of thioether (sulfide) groups is 1. The van der Waals surface area contributed by atoms with Crippen LogP contribution in [0, 0.1) is 11.8 Å².